The average molecular weight is 432 g/mol. The predicted molar refractivity (Wildman–Crippen MR) is 112 cm³/mol. The quantitative estimate of drug-likeness (QED) is 0.506. The van der Waals surface area contributed by atoms with Crippen molar-refractivity contribution in [2.24, 2.45) is 7.05 Å². The molecule has 1 atom stereocenters. The molecule has 2 aliphatic rings. The van der Waals surface area contributed by atoms with Gasteiger partial charge in [-0.3, -0.25) is 9.48 Å². The van der Waals surface area contributed by atoms with E-state index in [1.165, 1.54) is 33.0 Å². The molecule has 2 aliphatic carbocycles. The summed E-state index contributed by atoms with van der Waals surface area (Å²) in [6.45, 7) is -0.0776. The highest BCUT2D eigenvalue weighted by atomic mass is 32.2. The van der Waals surface area contributed by atoms with Gasteiger partial charge in [0, 0.05) is 25.3 Å². The van der Waals surface area contributed by atoms with Gasteiger partial charge < -0.3 is 20.3 Å². The summed E-state index contributed by atoms with van der Waals surface area (Å²) in [7, 11) is 1.55. The molecule has 2 aromatic rings. The van der Waals surface area contributed by atoms with E-state index in [1.807, 2.05) is 0 Å². The lowest BCUT2D eigenvalue weighted by atomic mass is 9.99. The van der Waals surface area contributed by atoms with Gasteiger partial charge in [0.2, 0.25) is 0 Å². The maximum absolute atomic E-state index is 12.6. The van der Waals surface area contributed by atoms with Crippen LogP contribution in [0.3, 0.4) is 0 Å². The van der Waals surface area contributed by atoms with E-state index in [2.05, 4.69) is 26.5 Å². The first-order valence-electron chi connectivity index (χ1n) is 10.1. The second kappa shape index (κ2) is 8.66. The van der Waals surface area contributed by atoms with Crippen LogP contribution in [0.25, 0.3) is 0 Å². The number of hydrogen-bond acceptors (Lipinski definition) is 5. The number of aromatic nitrogens is 2. The molecule has 4 rings (SSSR count). The number of urea groups is 1. The number of nitrogens with zero attached hydrogens (tertiary/aromatic N) is 2. The average Bonchev–Trinajstić information content (AvgIpc) is 3.45. The summed E-state index contributed by atoms with van der Waals surface area (Å²) in [5, 5.41) is 18.4. The van der Waals surface area contributed by atoms with Crippen LogP contribution in [0.15, 0.2) is 17.2 Å². The van der Waals surface area contributed by atoms with Crippen molar-refractivity contribution in [2.45, 2.75) is 43.6 Å². The fourth-order valence-electron chi connectivity index (χ4n) is 4.25. The Labute approximate surface area is 177 Å². The number of fused-ring (bicyclic) bond motifs is 2. The van der Waals surface area contributed by atoms with E-state index < -0.39 is 23.3 Å². The Morgan fingerprint density at radius 3 is 2.47 bits per heavy atom. The molecule has 0 saturated heterocycles. The fraction of sp³-hybridized carbons (Fsp3) is 0.450. The Morgan fingerprint density at radius 2 is 1.83 bits per heavy atom. The van der Waals surface area contributed by atoms with E-state index in [0.29, 0.717) is 0 Å². The molecule has 1 unspecified atom stereocenters. The van der Waals surface area contributed by atoms with Crippen LogP contribution >= 0.6 is 0 Å². The molecular weight excluding hydrogens is 406 g/mol. The molecule has 1 aromatic heterocycles. The lowest BCUT2D eigenvalue weighted by Crippen LogP contribution is -2.35. The number of rotatable bonds is 6. The summed E-state index contributed by atoms with van der Waals surface area (Å²) in [6, 6.07) is 3.09. The van der Waals surface area contributed by atoms with Crippen molar-refractivity contribution >= 4 is 29.0 Å². The first-order chi connectivity index (χ1) is 14.5. The smallest absolute Gasteiger partial charge is 0.361 e. The van der Waals surface area contributed by atoms with Crippen LogP contribution in [-0.2, 0) is 44.1 Å². The van der Waals surface area contributed by atoms with Crippen LogP contribution in [-0.4, -0.2) is 44.5 Å². The number of carbonyl (C=O) groups is 2. The molecule has 10 heteroatoms. The Kier molecular flexibility index (Phi) is 5.98. The summed E-state index contributed by atoms with van der Waals surface area (Å²) in [5.41, 5.74) is 6.05. The van der Waals surface area contributed by atoms with Crippen molar-refractivity contribution in [1.29, 1.82) is 0 Å². The molecule has 0 bridgehead atoms. The first-order valence-corrected chi connectivity index (χ1v) is 11.2. The molecule has 160 valence electrons. The van der Waals surface area contributed by atoms with Crippen LogP contribution in [0, 0.1) is 0 Å². The van der Waals surface area contributed by atoms with E-state index in [4.69, 9.17) is 5.11 Å². The van der Waals surface area contributed by atoms with Gasteiger partial charge in [-0.1, -0.05) is 6.07 Å². The molecule has 9 nitrogen and oxygen atoms in total. The van der Waals surface area contributed by atoms with E-state index >= 15 is 0 Å². The zero-order valence-electron chi connectivity index (χ0n) is 16.8. The Morgan fingerprint density at radius 1 is 1.17 bits per heavy atom. The van der Waals surface area contributed by atoms with E-state index in [0.717, 1.165) is 44.2 Å². The van der Waals surface area contributed by atoms with Gasteiger partial charge in [-0.05, 0) is 60.8 Å². The molecule has 0 radical (unpaired) electrons. The molecule has 1 aromatic carbocycles. The van der Waals surface area contributed by atoms with Crippen LogP contribution in [0.1, 0.15) is 45.6 Å². The molecular formula is C20H25N5O4S. The molecule has 0 spiro atoms. The largest absolute Gasteiger partial charge is 0.586 e. The number of amides is 3. The van der Waals surface area contributed by atoms with Crippen molar-refractivity contribution in [3.05, 3.63) is 40.1 Å². The number of aryl methyl sites for hydroxylation is 3. The van der Waals surface area contributed by atoms with Gasteiger partial charge in [0.1, 0.15) is 17.1 Å². The topological polar surface area (TPSA) is 131 Å². The normalized spacial score (nSPS) is 15.4. The molecule has 0 fully saturated rings. The number of aliphatic hydroxyl groups is 1. The standard InChI is InChI=1S/C20H25N5O4S/c1-25-16(19(27)21-8-9-26)11-17(23-25)30(29)24-20(28)22-18-14-6-2-4-12(14)10-13-5-3-7-15(13)18/h10-11,26H,2-9H2,1H3,(H,21,27)(H2,22,24,28). The minimum absolute atomic E-state index is 0.0744. The second-order valence-electron chi connectivity index (χ2n) is 7.53. The number of nitrogens with one attached hydrogen (secondary N) is 3. The zero-order valence-corrected chi connectivity index (χ0v) is 17.6. The number of aliphatic hydroxyl groups excluding tert-OH is 1. The van der Waals surface area contributed by atoms with E-state index in [9.17, 15) is 14.1 Å². The molecule has 0 aliphatic heterocycles. The van der Waals surface area contributed by atoms with Gasteiger partial charge in [0.15, 0.2) is 0 Å². The summed E-state index contributed by atoms with van der Waals surface area (Å²) in [4.78, 5) is 24.7. The Balaban J connectivity index is 1.46. The monoisotopic (exact) mass is 431 g/mol. The van der Waals surface area contributed by atoms with Gasteiger partial charge in [0.05, 0.1) is 6.61 Å². The van der Waals surface area contributed by atoms with Crippen molar-refractivity contribution in [3.8, 4) is 0 Å². The highest BCUT2D eigenvalue weighted by Crippen LogP contribution is 2.38. The van der Waals surface area contributed by atoms with Gasteiger partial charge in [-0.15, -0.1) is 9.82 Å². The third-order valence-corrected chi connectivity index (χ3v) is 6.52. The first kappa shape index (κ1) is 20.7. The zero-order chi connectivity index (χ0) is 21.3. The number of hydrogen-bond donors (Lipinski definition) is 4. The van der Waals surface area contributed by atoms with Gasteiger partial charge in [0.25, 0.3) is 10.9 Å². The van der Waals surface area contributed by atoms with Crippen LogP contribution < -0.4 is 15.4 Å². The van der Waals surface area contributed by atoms with Gasteiger partial charge in [-0.25, -0.2) is 4.79 Å². The molecule has 4 N–H and O–H groups in total. The number of anilines is 1. The van der Waals surface area contributed by atoms with Gasteiger partial charge >= 0.3 is 6.03 Å². The highest BCUT2D eigenvalue weighted by molar-refractivity contribution is 7.90. The maximum atomic E-state index is 12.6. The Bertz CT molecular complexity index is 958. The van der Waals surface area contributed by atoms with Crippen molar-refractivity contribution in [3.63, 3.8) is 0 Å². The molecule has 0 saturated carbocycles. The van der Waals surface area contributed by atoms with Crippen molar-refractivity contribution in [2.75, 3.05) is 18.5 Å². The molecule has 30 heavy (non-hydrogen) atoms. The second-order valence-corrected chi connectivity index (χ2v) is 8.69. The predicted octanol–water partition coefficient (Wildman–Crippen LogP) is 0.964. The lowest BCUT2D eigenvalue weighted by Gasteiger charge is -2.16. The van der Waals surface area contributed by atoms with Crippen molar-refractivity contribution in [1.82, 2.24) is 19.8 Å². The summed E-state index contributed by atoms with van der Waals surface area (Å²) in [5.74, 6) is -0.442. The van der Waals surface area contributed by atoms with Crippen LogP contribution in [0.5, 0.6) is 0 Å². The molecule has 3 amide bonds. The van der Waals surface area contributed by atoms with E-state index in [-0.39, 0.29) is 23.9 Å². The minimum atomic E-state index is -1.92. The van der Waals surface area contributed by atoms with Crippen molar-refractivity contribution < 1.29 is 19.2 Å². The van der Waals surface area contributed by atoms with E-state index in [1.54, 1.807) is 7.05 Å². The third kappa shape index (κ3) is 4.03. The fourth-order valence-corrected chi connectivity index (χ4v) is 4.99. The summed E-state index contributed by atoms with van der Waals surface area (Å²) < 4.78 is 16.3. The summed E-state index contributed by atoms with van der Waals surface area (Å²) >= 11 is -1.92. The number of benzene rings is 1. The Hall–Kier alpha value is -2.56. The van der Waals surface area contributed by atoms with Crippen LogP contribution in [0.4, 0.5) is 10.5 Å². The molecule has 1 heterocycles. The van der Waals surface area contributed by atoms with Crippen LogP contribution in [0.2, 0.25) is 0 Å². The minimum Gasteiger partial charge on any atom is -0.586 e. The maximum Gasteiger partial charge on any atom is 0.361 e. The summed E-state index contributed by atoms with van der Waals surface area (Å²) in [6.07, 6.45) is 6.09. The van der Waals surface area contributed by atoms with Gasteiger partial charge in [-0.2, -0.15) is 0 Å². The highest BCUT2D eigenvalue weighted by Gasteiger charge is 2.27. The number of carbonyl (C=O) groups excluding carboxylic acids is 2. The SMILES string of the molecule is Cn1nc([S+]([O-])NC(=O)Nc2c3c(cc4c2CCC4)CCC3)cc1C(=O)NCCO. The lowest BCUT2D eigenvalue weighted by molar-refractivity contribution is 0.0935. The third-order valence-electron chi connectivity index (χ3n) is 5.57.